The molecular weight excluding hydrogens is 1030 g/mol. The highest BCUT2D eigenvalue weighted by molar-refractivity contribution is 7.89. The summed E-state index contributed by atoms with van der Waals surface area (Å²) in [6.07, 6.45) is 0. The predicted molar refractivity (Wildman–Crippen MR) is 262 cm³/mol. The first-order chi connectivity index (χ1) is 34.9. The Hall–Kier alpha value is -7.76. The van der Waals surface area contributed by atoms with Crippen molar-refractivity contribution in [1.29, 1.82) is 0 Å². The smallest absolute Gasteiger partial charge is 0.338 e. The van der Waals surface area contributed by atoms with Gasteiger partial charge >= 0.3 is 17.9 Å². The van der Waals surface area contributed by atoms with Gasteiger partial charge in [-0.2, -0.15) is 8.61 Å². The SMILES string of the molecule is CC(=O)OC[C@@H](C)n1nnnc1-c1cccc(N)n1.CC(=O)OC[C@@H](C)n1nnnc1-c1cccc(NC(=O)c2cc3c(cc2F)CN(C(C)(C)C)S3(=O)=O)n1.CC(C)(C)N1Cc2cc(F)c(C(=O)O)cc2S1(=O)=O. The molecule has 2 aliphatic heterocycles. The number of hydrogen-bond donors (Lipinski definition) is 3. The Balaban J connectivity index is 0.000000202. The zero-order valence-corrected chi connectivity index (χ0v) is 43.9. The van der Waals surface area contributed by atoms with Crippen LogP contribution in [-0.2, 0) is 52.2 Å². The number of rotatable bonds is 11. The van der Waals surface area contributed by atoms with Gasteiger partial charge in [-0.15, -0.1) is 10.2 Å². The number of carbonyl (C=O) groups excluding carboxylic acids is 3. The number of sulfonamides is 2. The second-order valence-corrected chi connectivity index (χ2v) is 22.7. The number of nitrogens with zero attached hydrogens (tertiary/aromatic N) is 12. The van der Waals surface area contributed by atoms with E-state index in [2.05, 4.69) is 46.3 Å². The number of aromatic carboxylic acids is 1. The van der Waals surface area contributed by atoms with Gasteiger partial charge in [0.05, 0.1) is 33.0 Å². The molecule has 0 radical (unpaired) electrons. The van der Waals surface area contributed by atoms with E-state index in [1.807, 2.05) is 6.92 Å². The van der Waals surface area contributed by atoms with Crippen molar-refractivity contribution in [1.82, 2.24) is 59.0 Å². The maximum atomic E-state index is 14.9. The number of carboxylic acids is 1. The molecule has 29 heteroatoms. The summed E-state index contributed by atoms with van der Waals surface area (Å²) >= 11 is 0. The van der Waals surface area contributed by atoms with E-state index in [1.165, 1.54) is 33.2 Å². The number of nitrogens with one attached hydrogen (secondary N) is 1. The average molecular weight is 1080 g/mol. The van der Waals surface area contributed by atoms with Crippen LogP contribution in [0.2, 0.25) is 0 Å². The Bertz CT molecular complexity index is 3400. The minimum absolute atomic E-state index is 0.0220. The number of carbonyl (C=O) groups is 4. The molecule has 25 nitrogen and oxygen atoms in total. The van der Waals surface area contributed by atoms with E-state index in [4.69, 9.17) is 20.3 Å². The molecule has 6 heterocycles. The summed E-state index contributed by atoms with van der Waals surface area (Å²) in [7, 11) is -7.67. The number of fused-ring (bicyclic) bond motifs is 2. The Labute approximate surface area is 429 Å². The van der Waals surface area contributed by atoms with Crippen molar-refractivity contribution in [3.63, 3.8) is 0 Å². The molecule has 4 aromatic heterocycles. The van der Waals surface area contributed by atoms with Crippen LogP contribution in [0.3, 0.4) is 0 Å². The van der Waals surface area contributed by atoms with Crippen LogP contribution >= 0.6 is 0 Å². The van der Waals surface area contributed by atoms with Crippen molar-refractivity contribution in [2.75, 3.05) is 24.3 Å². The second kappa shape index (κ2) is 22.0. The number of benzene rings is 2. The Morgan fingerprint density at radius 2 is 1.12 bits per heavy atom. The van der Waals surface area contributed by atoms with E-state index in [0.717, 1.165) is 24.3 Å². The monoisotopic (exact) mass is 1080 g/mol. The van der Waals surface area contributed by atoms with Crippen LogP contribution in [0.1, 0.15) is 113 Å². The molecule has 0 saturated heterocycles. The second-order valence-electron chi connectivity index (χ2n) is 19.1. The molecule has 75 heavy (non-hydrogen) atoms. The summed E-state index contributed by atoms with van der Waals surface area (Å²) in [5.74, 6) is -3.70. The number of ether oxygens (including phenoxy) is 2. The van der Waals surface area contributed by atoms with Gasteiger partial charge in [-0.1, -0.05) is 12.1 Å². The van der Waals surface area contributed by atoms with Crippen LogP contribution in [0.5, 0.6) is 0 Å². The summed E-state index contributed by atoms with van der Waals surface area (Å²) < 4.78 is 94.6. The normalized spacial score (nSPS) is 15.5. The lowest BCUT2D eigenvalue weighted by atomic mass is 10.1. The summed E-state index contributed by atoms with van der Waals surface area (Å²) in [5.41, 5.74) is 4.66. The zero-order chi connectivity index (χ0) is 55.5. The summed E-state index contributed by atoms with van der Waals surface area (Å²) in [5, 5.41) is 34.3. The summed E-state index contributed by atoms with van der Waals surface area (Å²) in [4.78, 5) is 54.0. The number of esters is 2. The van der Waals surface area contributed by atoms with E-state index in [0.29, 0.717) is 28.6 Å². The van der Waals surface area contributed by atoms with Crippen LogP contribution in [0.25, 0.3) is 23.0 Å². The maximum absolute atomic E-state index is 14.9. The van der Waals surface area contributed by atoms with Crippen molar-refractivity contribution < 1.29 is 59.4 Å². The van der Waals surface area contributed by atoms with Crippen LogP contribution in [-0.4, -0.2) is 129 Å². The molecule has 0 fully saturated rings. The van der Waals surface area contributed by atoms with Gasteiger partial charge in [0.15, 0.2) is 0 Å². The number of amides is 1. The fourth-order valence-corrected chi connectivity index (χ4v) is 11.5. The number of pyridine rings is 2. The Morgan fingerprint density at radius 1 is 0.693 bits per heavy atom. The highest BCUT2D eigenvalue weighted by atomic mass is 32.2. The minimum Gasteiger partial charge on any atom is -0.478 e. The van der Waals surface area contributed by atoms with Gasteiger partial charge in [-0.25, -0.2) is 49.7 Å². The van der Waals surface area contributed by atoms with Crippen molar-refractivity contribution in [3.05, 3.63) is 94.6 Å². The molecule has 0 bridgehead atoms. The third-order valence-electron chi connectivity index (χ3n) is 11.1. The number of hydrogen-bond acceptors (Lipinski definition) is 19. The molecule has 2 atom stereocenters. The lowest BCUT2D eigenvalue weighted by molar-refractivity contribution is -0.142. The first kappa shape index (κ1) is 56.5. The molecule has 0 spiro atoms. The predicted octanol–water partition coefficient (Wildman–Crippen LogP) is 4.82. The van der Waals surface area contributed by atoms with Gasteiger partial charge in [0.2, 0.25) is 31.7 Å². The number of nitrogens with two attached hydrogens (primary N) is 1. The molecule has 2 aromatic carbocycles. The van der Waals surface area contributed by atoms with Crippen molar-refractivity contribution in [3.8, 4) is 23.0 Å². The van der Waals surface area contributed by atoms with E-state index >= 15 is 0 Å². The first-order valence-corrected chi connectivity index (χ1v) is 25.6. The van der Waals surface area contributed by atoms with E-state index in [1.54, 1.807) is 83.5 Å². The molecule has 400 valence electrons. The van der Waals surface area contributed by atoms with Gasteiger partial charge in [0.1, 0.15) is 47.9 Å². The number of nitrogen functional groups attached to an aromatic ring is 1. The van der Waals surface area contributed by atoms with E-state index in [-0.39, 0.29) is 65.3 Å². The Morgan fingerprint density at radius 3 is 1.55 bits per heavy atom. The van der Waals surface area contributed by atoms with Crippen molar-refractivity contribution in [2.45, 2.75) is 115 Å². The van der Waals surface area contributed by atoms with Crippen LogP contribution in [0.15, 0.2) is 70.5 Å². The fourth-order valence-electron chi connectivity index (χ4n) is 7.49. The third kappa shape index (κ3) is 12.8. The van der Waals surface area contributed by atoms with Gasteiger partial charge in [-0.05, 0) is 136 Å². The van der Waals surface area contributed by atoms with Crippen molar-refractivity contribution in [2.24, 2.45) is 0 Å². The highest BCUT2D eigenvalue weighted by Gasteiger charge is 2.43. The molecular formula is C46H54F2N14O11S2. The zero-order valence-electron chi connectivity index (χ0n) is 42.3. The largest absolute Gasteiger partial charge is 0.478 e. The molecule has 2 aliphatic rings. The fraction of sp³-hybridized carbons (Fsp3) is 0.391. The lowest BCUT2D eigenvalue weighted by Crippen LogP contribution is -2.41. The van der Waals surface area contributed by atoms with Crippen LogP contribution < -0.4 is 11.1 Å². The van der Waals surface area contributed by atoms with Gasteiger partial charge < -0.3 is 25.6 Å². The summed E-state index contributed by atoms with van der Waals surface area (Å²) in [6, 6.07) is 13.3. The highest BCUT2D eigenvalue weighted by Crippen LogP contribution is 2.38. The topological polar surface area (TPSA) is 333 Å². The molecule has 1 amide bonds. The van der Waals surface area contributed by atoms with E-state index in [9.17, 15) is 44.8 Å². The van der Waals surface area contributed by atoms with Crippen molar-refractivity contribution >= 4 is 55.5 Å². The maximum Gasteiger partial charge on any atom is 0.338 e. The standard InChI is InChI=1S/C23H26FN7O5S.C12H14FNO4S.C11H14N6O2/c1-13(12-36-14(2)32)31-21(27-28-29-31)18-7-6-8-20(25-18)26-22(33)16-10-19-15(9-17(16)24)11-30(23(3,4)5)37(19,34)35;1-12(2,3)14-6-7-4-9(13)8(11(15)16)5-10(7)19(14,17)18;1-7(6-19-8(2)18)17-11(14-15-16-17)9-4-3-5-10(12)13-9/h6-10,13H,11-12H2,1-5H3,(H,25,26,33);4-5H,6H2,1-3H3,(H,15,16);3-5,7H,6H2,1-2H3,(H2,12,13)/t13-;;7-/m1.1/s1. The van der Waals surface area contributed by atoms with E-state index < -0.39 is 77.8 Å². The van der Waals surface area contributed by atoms with Gasteiger partial charge in [0, 0.05) is 38.0 Å². The third-order valence-corrected chi connectivity index (χ3v) is 15.5. The first-order valence-electron chi connectivity index (χ1n) is 22.7. The molecule has 4 N–H and O–H groups in total. The molecule has 0 unspecified atom stereocenters. The Kier molecular flexibility index (Phi) is 16.6. The van der Waals surface area contributed by atoms with Crippen LogP contribution in [0.4, 0.5) is 20.4 Å². The molecule has 6 aromatic rings. The molecule has 8 rings (SSSR count). The molecule has 0 saturated carbocycles. The average Bonchev–Trinajstić information content (AvgIpc) is 4.11. The van der Waals surface area contributed by atoms with Crippen LogP contribution in [0, 0.1) is 11.6 Å². The van der Waals surface area contributed by atoms with Gasteiger partial charge in [0.25, 0.3) is 5.91 Å². The number of anilines is 2. The number of tetrazole rings is 2. The van der Waals surface area contributed by atoms with Gasteiger partial charge in [-0.3, -0.25) is 14.4 Å². The number of aromatic nitrogens is 10. The lowest BCUT2D eigenvalue weighted by Gasteiger charge is -2.29. The number of carboxylic acid groups (broad SMARTS) is 1. The minimum atomic E-state index is -3.89. The number of halogens is 2. The summed E-state index contributed by atoms with van der Waals surface area (Å²) in [6.45, 7) is 17.0. The molecule has 0 aliphatic carbocycles. The quantitative estimate of drug-likeness (QED) is 0.146.